The second kappa shape index (κ2) is 4.62. The monoisotopic (exact) mass is 310 g/mol. The van der Waals surface area contributed by atoms with Gasteiger partial charge in [-0.25, -0.2) is 0 Å². The Hall–Kier alpha value is 0.450. The van der Waals surface area contributed by atoms with E-state index in [1.807, 2.05) is 0 Å². The smallest absolute Gasteiger partial charge is 0.388 e. The molecule has 0 fully saturated rings. The molecule has 72 valence electrons. The van der Waals surface area contributed by atoms with Crippen LogP contribution in [-0.2, 0) is 0 Å². The Morgan fingerprint density at radius 3 is 2.08 bits per heavy atom. The van der Waals surface area contributed by atoms with Crippen LogP contribution in [-0.4, -0.2) is 17.4 Å². The van der Waals surface area contributed by atoms with Crippen LogP contribution in [0, 0.1) is 0 Å². The molecule has 0 aliphatic heterocycles. The highest BCUT2D eigenvalue weighted by Crippen LogP contribution is 2.36. The van der Waals surface area contributed by atoms with Gasteiger partial charge in [-0.15, -0.1) is 0 Å². The van der Waals surface area contributed by atoms with E-state index in [4.69, 9.17) is 5.11 Å². The van der Waals surface area contributed by atoms with Gasteiger partial charge in [-0.1, -0.05) is 22.9 Å². The Labute approximate surface area is 84.9 Å². The summed E-state index contributed by atoms with van der Waals surface area (Å²) in [7, 11) is 0. The molecule has 1 atom stereocenters. The van der Waals surface area contributed by atoms with Crippen molar-refractivity contribution in [1.29, 1.82) is 0 Å². The summed E-state index contributed by atoms with van der Waals surface area (Å²) in [5, 5.41) is 9.03. The van der Waals surface area contributed by atoms with Crippen molar-refractivity contribution >= 4 is 31.9 Å². The quantitative estimate of drug-likeness (QED) is 0.829. The van der Waals surface area contributed by atoms with Gasteiger partial charge in [-0.2, -0.15) is 13.2 Å². The van der Waals surface area contributed by atoms with Crippen LogP contribution < -0.4 is 0 Å². The summed E-state index contributed by atoms with van der Waals surface area (Å²) >= 11 is 5.02. The van der Waals surface area contributed by atoms with E-state index in [9.17, 15) is 13.2 Å². The average molecular weight is 312 g/mol. The molecule has 1 N–H and O–H groups in total. The van der Waals surface area contributed by atoms with Crippen molar-refractivity contribution in [3.05, 3.63) is 8.96 Å². The van der Waals surface area contributed by atoms with Crippen LogP contribution in [0.4, 0.5) is 13.2 Å². The van der Waals surface area contributed by atoms with Gasteiger partial charge in [0, 0.05) is 4.48 Å². The molecule has 1 nitrogen and oxygen atoms in total. The Bertz CT molecular complexity index is 188. The van der Waals surface area contributed by atoms with E-state index in [0.29, 0.717) is 0 Å². The van der Waals surface area contributed by atoms with Gasteiger partial charge in [-0.05, 0) is 22.4 Å². The van der Waals surface area contributed by atoms with Gasteiger partial charge >= 0.3 is 6.18 Å². The second-order valence-electron chi connectivity index (χ2n) is 2.08. The van der Waals surface area contributed by atoms with Crippen LogP contribution in [0.2, 0.25) is 0 Å². The highest BCUT2D eigenvalue weighted by molar-refractivity contribution is 9.14. The van der Waals surface area contributed by atoms with Crippen LogP contribution in [0.5, 0.6) is 0 Å². The standard InChI is InChI=1S/C6H7Br2F3O/c1-2-3(12)4(7)5(8)6(9,10)11/h3,12H,2H2,1H3. The lowest BCUT2D eigenvalue weighted by atomic mass is 10.2. The molecule has 1 unspecified atom stereocenters. The average Bonchev–Trinajstić information content (AvgIpc) is 1.98. The van der Waals surface area contributed by atoms with Gasteiger partial charge < -0.3 is 5.11 Å². The number of aliphatic hydroxyl groups is 1. The SMILES string of the molecule is CCC(O)C(Br)=C(Br)C(F)(F)F. The summed E-state index contributed by atoms with van der Waals surface area (Å²) in [5.41, 5.74) is 0. The molecular weight excluding hydrogens is 305 g/mol. The van der Waals surface area contributed by atoms with E-state index in [1.54, 1.807) is 6.92 Å². The van der Waals surface area contributed by atoms with E-state index < -0.39 is 16.8 Å². The van der Waals surface area contributed by atoms with Gasteiger partial charge in [-0.3, -0.25) is 0 Å². The van der Waals surface area contributed by atoms with Crippen LogP contribution in [0.3, 0.4) is 0 Å². The lowest BCUT2D eigenvalue weighted by Crippen LogP contribution is -2.14. The Morgan fingerprint density at radius 2 is 1.83 bits per heavy atom. The van der Waals surface area contributed by atoms with Crippen molar-refractivity contribution in [1.82, 2.24) is 0 Å². The molecule has 0 aromatic heterocycles. The number of hydrogen-bond acceptors (Lipinski definition) is 1. The van der Waals surface area contributed by atoms with Crippen LogP contribution in [0.15, 0.2) is 8.96 Å². The van der Waals surface area contributed by atoms with E-state index in [1.165, 1.54) is 0 Å². The molecule has 0 heterocycles. The fraction of sp³-hybridized carbons (Fsp3) is 0.667. The van der Waals surface area contributed by atoms with Crippen molar-refractivity contribution in [3.63, 3.8) is 0 Å². The third kappa shape index (κ3) is 3.45. The molecule has 0 spiro atoms. The maximum Gasteiger partial charge on any atom is 0.423 e. The van der Waals surface area contributed by atoms with Crippen molar-refractivity contribution < 1.29 is 18.3 Å². The molecule has 0 rings (SSSR count). The maximum atomic E-state index is 12.0. The molecule has 0 saturated carbocycles. The molecule has 0 bridgehead atoms. The summed E-state index contributed by atoms with van der Waals surface area (Å²) < 4.78 is 34.6. The molecule has 0 aliphatic rings. The van der Waals surface area contributed by atoms with Gasteiger partial charge in [0.05, 0.1) is 6.10 Å². The minimum absolute atomic E-state index is 0.228. The lowest BCUT2D eigenvalue weighted by Gasteiger charge is -2.11. The second-order valence-corrected chi connectivity index (χ2v) is 3.73. The third-order valence-electron chi connectivity index (χ3n) is 1.14. The zero-order valence-corrected chi connectivity index (χ0v) is 9.29. The summed E-state index contributed by atoms with van der Waals surface area (Å²) in [6.07, 6.45) is -5.33. The van der Waals surface area contributed by atoms with Gasteiger partial charge in [0.15, 0.2) is 0 Å². The zero-order valence-electron chi connectivity index (χ0n) is 6.12. The van der Waals surface area contributed by atoms with Crippen molar-refractivity contribution in [3.8, 4) is 0 Å². The molecular formula is C6H7Br2F3O. The molecule has 0 saturated heterocycles. The first-order chi connectivity index (χ1) is 5.30. The molecule has 0 aromatic carbocycles. The first kappa shape index (κ1) is 12.4. The van der Waals surface area contributed by atoms with E-state index in [-0.39, 0.29) is 10.9 Å². The fourth-order valence-electron chi connectivity index (χ4n) is 0.461. The normalized spacial score (nSPS) is 17.2. The molecule has 0 aromatic rings. The number of allylic oxidation sites excluding steroid dienone is 1. The topological polar surface area (TPSA) is 20.2 Å². The molecule has 0 aliphatic carbocycles. The summed E-state index contributed by atoms with van der Waals surface area (Å²) in [4.78, 5) is 0. The summed E-state index contributed by atoms with van der Waals surface area (Å²) in [6, 6.07) is 0. The lowest BCUT2D eigenvalue weighted by molar-refractivity contribution is -0.0838. The van der Waals surface area contributed by atoms with Gasteiger partial charge in [0.1, 0.15) is 4.48 Å². The minimum Gasteiger partial charge on any atom is -0.388 e. The minimum atomic E-state index is -4.45. The zero-order chi connectivity index (χ0) is 9.94. The van der Waals surface area contributed by atoms with Gasteiger partial charge in [0.2, 0.25) is 0 Å². The summed E-state index contributed by atoms with van der Waals surface area (Å²) in [6.45, 7) is 1.59. The Balaban J connectivity index is 4.69. The first-order valence-corrected chi connectivity index (χ1v) is 4.69. The number of aliphatic hydroxyl groups excluding tert-OH is 1. The number of rotatable bonds is 2. The first-order valence-electron chi connectivity index (χ1n) is 3.11. The predicted octanol–water partition coefficient (Wildman–Crippen LogP) is 3.32. The molecule has 6 heteroatoms. The van der Waals surface area contributed by atoms with Crippen LogP contribution in [0.25, 0.3) is 0 Å². The third-order valence-corrected chi connectivity index (χ3v) is 3.47. The highest BCUT2D eigenvalue weighted by atomic mass is 79.9. The maximum absolute atomic E-state index is 12.0. The predicted molar refractivity (Wildman–Crippen MR) is 47.2 cm³/mol. The fourth-order valence-corrected chi connectivity index (χ4v) is 1.27. The Morgan fingerprint density at radius 1 is 1.42 bits per heavy atom. The van der Waals surface area contributed by atoms with Gasteiger partial charge in [0.25, 0.3) is 0 Å². The molecule has 12 heavy (non-hydrogen) atoms. The number of hydrogen-bond donors (Lipinski definition) is 1. The van der Waals surface area contributed by atoms with E-state index >= 15 is 0 Å². The highest BCUT2D eigenvalue weighted by Gasteiger charge is 2.35. The molecule has 0 radical (unpaired) electrons. The van der Waals surface area contributed by atoms with Crippen molar-refractivity contribution in [2.45, 2.75) is 25.6 Å². The largest absolute Gasteiger partial charge is 0.423 e. The molecule has 0 amide bonds. The number of halogens is 5. The van der Waals surface area contributed by atoms with Crippen molar-refractivity contribution in [2.24, 2.45) is 0 Å². The Kier molecular flexibility index (Phi) is 4.79. The summed E-state index contributed by atoms with van der Waals surface area (Å²) in [5.74, 6) is 0. The van der Waals surface area contributed by atoms with Crippen LogP contribution in [0.1, 0.15) is 13.3 Å². The van der Waals surface area contributed by atoms with E-state index in [2.05, 4.69) is 31.9 Å². The number of alkyl halides is 3. The van der Waals surface area contributed by atoms with Crippen molar-refractivity contribution in [2.75, 3.05) is 0 Å². The van der Waals surface area contributed by atoms with Crippen LogP contribution >= 0.6 is 31.9 Å². The van der Waals surface area contributed by atoms with E-state index in [0.717, 1.165) is 0 Å².